The highest BCUT2D eigenvalue weighted by Crippen LogP contribution is 2.23. The molecule has 0 atom stereocenters. The Morgan fingerprint density at radius 1 is 0.967 bits per heavy atom. The third-order valence-corrected chi connectivity index (χ3v) is 5.88. The monoisotopic (exact) mass is 421 g/mol. The molecule has 0 aliphatic carbocycles. The summed E-state index contributed by atoms with van der Waals surface area (Å²) in [6.45, 7) is 2.75. The Hall–Kier alpha value is -3.32. The van der Waals surface area contributed by atoms with Gasteiger partial charge in [-0.2, -0.15) is 11.3 Å². The minimum absolute atomic E-state index is 0.0643. The van der Waals surface area contributed by atoms with Crippen LogP contribution < -0.4 is 15.0 Å². The number of hydrogen-bond acceptors (Lipinski definition) is 5. The van der Waals surface area contributed by atoms with E-state index in [1.807, 2.05) is 46.7 Å². The third-order valence-electron chi connectivity index (χ3n) is 5.19. The molecule has 2 aromatic carbocycles. The van der Waals surface area contributed by atoms with Crippen molar-refractivity contribution in [3.63, 3.8) is 0 Å². The molecular weight excluding hydrogens is 398 g/mol. The van der Waals surface area contributed by atoms with Crippen molar-refractivity contribution in [3.05, 3.63) is 76.5 Å². The molecular formula is C23H23N3O3S. The lowest BCUT2D eigenvalue weighted by Crippen LogP contribution is -2.48. The van der Waals surface area contributed by atoms with Gasteiger partial charge in [0.15, 0.2) is 0 Å². The topological polar surface area (TPSA) is 61.9 Å². The average molecular weight is 422 g/mol. The van der Waals surface area contributed by atoms with Gasteiger partial charge in [0.2, 0.25) is 0 Å². The molecule has 1 fully saturated rings. The maximum atomic E-state index is 13.2. The number of anilines is 2. The minimum atomic E-state index is -0.208. The predicted molar refractivity (Wildman–Crippen MR) is 120 cm³/mol. The summed E-state index contributed by atoms with van der Waals surface area (Å²) in [5, 5.41) is 6.52. The lowest BCUT2D eigenvalue weighted by molar-refractivity contribution is 0.0748. The Morgan fingerprint density at radius 3 is 2.37 bits per heavy atom. The van der Waals surface area contributed by atoms with Crippen molar-refractivity contribution in [2.45, 2.75) is 0 Å². The highest BCUT2D eigenvalue weighted by atomic mass is 32.1. The number of piperazine rings is 1. The van der Waals surface area contributed by atoms with E-state index in [1.54, 1.807) is 30.7 Å². The number of benzene rings is 2. The van der Waals surface area contributed by atoms with Crippen molar-refractivity contribution in [1.82, 2.24) is 4.90 Å². The van der Waals surface area contributed by atoms with Gasteiger partial charge in [0, 0.05) is 37.2 Å². The molecule has 30 heavy (non-hydrogen) atoms. The number of amides is 2. The van der Waals surface area contributed by atoms with E-state index in [-0.39, 0.29) is 11.8 Å². The highest BCUT2D eigenvalue weighted by Gasteiger charge is 2.24. The minimum Gasteiger partial charge on any atom is -0.497 e. The molecule has 6 nitrogen and oxygen atoms in total. The SMILES string of the molecule is COc1ccc(N2CCN(C(=O)c3ccccc3NC(=O)c3ccsc3)CC2)cc1. The molecule has 1 aliphatic heterocycles. The highest BCUT2D eigenvalue weighted by molar-refractivity contribution is 7.08. The van der Waals surface area contributed by atoms with Crippen LogP contribution in [-0.2, 0) is 0 Å². The zero-order valence-corrected chi connectivity index (χ0v) is 17.5. The summed E-state index contributed by atoms with van der Waals surface area (Å²) in [5.41, 5.74) is 2.76. The van der Waals surface area contributed by atoms with Gasteiger partial charge in [-0.05, 0) is 47.8 Å². The van der Waals surface area contributed by atoms with Crippen LogP contribution >= 0.6 is 11.3 Å². The Bertz CT molecular complexity index is 1010. The van der Waals surface area contributed by atoms with Crippen LogP contribution in [0.5, 0.6) is 5.75 Å². The van der Waals surface area contributed by atoms with Crippen LogP contribution in [0.2, 0.25) is 0 Å². The van der Waals surface area contributed by atoms with Crippen molar-refractivity contribution in [2.75, 3.05) is 43.5 Å². The van der Waals surface area contributed by atoms with E-state index in [0.29, 0.717) is 29.9 Å². The molecule has 4 rings (SSSR count). The standard InChI is InChI=1S/C23H23N3O3S/c1-29-19-8-6-18(7-9-19)25-11-13-26(14-12-25)23(28)20-4-2-3-5-21(20)24-22(27)17-10-15-30-16-17/h2-10,15-16H,11-14H2,1H3,(H,24,27). The Kier molecular flexibility index (Phi) is 5.99. The maximum Gasteiger partial charge on any atom is 0.256 e. The molecule has 2 heterocycles. The first-order valence-electron chi connectivity index (χ1n) is 9.76. The lowest BCUT2D eigenvalue weighted by Gasteiger charge is -2.36. The molecule has 0 saturated carbocycles. The van der Waals surface area contributed by atoms with Crippen LogP contribution in [0.4, 0.5) is 11.4 Å². The van der Waals surface area contributed by atoms with Gasteiger partial charge in [-0.1, -0.05) is 12.1 Å². The molecule has 0 unspecified atom stereocenters. The zero-order valence-electron chi connectivity index (χ0n) is 16.7. The van der Waals surface area contributed by atoms with E-state index in [0.717, 1.165) is 24.5 Å². The van der Waals surface area contributed by atoms with E-state index in [2.05, 4.69) is 10.2 Å². The molecule has 0 spiro atoms. The molecule has 2 amide bonds. The van der Waals surface area contributed by atoms with Gasteiger partial charge in [0.25, 0.3) is 11.8 Å². The molecule has 1 aliphatic rings. The Labute approximate surface area is 179 Å². The number of hydrogen-bond donors (Lipinski definition) is 1. The smallest absolute Gasteiger partial charge is 0.256 e. The molecule has 1 aromatic heterocycles. The number of thiophene rings is 1. The largest absolute Gasteiger partial charge is 0.497 e. The van der Waals surface area contributed by atoms with Crippen LogP contribution in [0, 0.1) is 0 Å². The van der Waals surface area contributed by atoms with Gasteiger partial charge in [-0.15, -0.1) is 0 Å². The van der Waals surface area contributed by atoms with Crippen LogP contribution in [-0.4, -0.2) is 50.0 Å². The van der Waals surface area contributed by atoms with E-state index in [1.165, 1.54) is 11.3 Å². The van der Waals surface area contributed by atoms with E-state index in [9.17, 15) is 9.59 Å². The van der Waals surface area contributed by atoms with E-state index >= 15 is 0 Å². The van der Waals surface area contributed by atoms with E-state index < -0.39 is 0 Å². The van der Waals surface area contributed by atoms with E-state index in [4.69, 9.17) is 4.74 Å². The second-order valence-electron chi connectivity index (χ2n) is 6.99. The fraction of sp³-hybridized carbons (Fsp3) is 0.217. The van der Waals surface area contributed by atoms with Crippen molar-refractivity contribution >= 4 is 34.5 Å². The van der Waals surface area contributed by atoms with Crippen LogP contribution in [0.1, 0.15) is 20.7 Å². The van der Waals surface area contributed by atoms with Gasteiger partial charge in [-0.25, -0.2) is 0 Å². The number of rotatable bonds is 5. The van der Waals surface area contributed by atoms with Gasteiger partial charge in [0.05, 0.1) is 23.9 Å². The van der Waals surface area contributed by atoms with Crippen molar-refractivity contribution in [3.8, 4) is 5.75 Å². The van der Waals surface area contributed by atoms with Crippen molar-refractivity contribution in [1.29, 1.82) is 0 Å². The van der Waals surface area contributed by atoms with Crippen molar-refractivity contribution in [2.24, 2.45) is 0 Å². The number of methoxy groups -OCH3 is 1. The molecule has 1 saturated heterocycles. The van der Waals surface area contributed by atoms with Crippen molar-refractivity contribution < 1.29 is 14.3 Å². The third kappa shape index (κ3) is 4.31. The zero-order chi connectivity index (χ0) is 20.9. The molecule has 1 N–H and O–H groups in total. The normalized spacial score (nSPS) is 13.8. The molecule has 0 bridgehead atoms. The fourth-order valence-electron chi connectivity index (χ4n) is 3.50. The number of nitrogens with one attached hydrogen (secondary N) is 1. The average Bonchev–Trinajstić information content (AvgIpc) is 3.34. The number of carbonyl (C=O) groups excluding carboxylic acids is 2. The number of carbonyl (C=O) groups is 2. The molecule has 7 heteroatoms. The quantitative estimate of drug-likeness (QED) is 0.677. The fourth-order valence-corrected chi connectivity index (χ4v) is 4.13. The summed E-state index contributed by atoms with van der Waals surface area (Å²) in [7, 11) is 1.65. The van der Waals surface area contributed by atoms with Crippen LogP contribution in [0.25, 0.3) is 0 Å². The summed E-state index contributed by atoms with van der Waals surface area (Å²) in [6.07, 6.45) is 0. The molecule has 154 valence electrons. The van der Waals surface area contributed by atoms with Gasteiger partial charge in [0.1, 0.15) is 5.75 Å². The first-order chi connectivity index (χ1) is 14.7. The summed E-state index contributed by atoms with van der Waals surface area (Å²) < 4.78 is 5.22. The summed E-state index contributed by atoms with van der Waals surface area (Å²) in [5.74, 6) is 0.556. The second-order valence-corrected chi connectivity index (χ2v) is 7.77. The lowest BCUT2D eigenvalue weighted by atomic mass is 10.1. The Morgan fingerprint density at radius 2 is 1.70 bits per heavy atom. The first kappa shape index (κ1) is 20.0. The predicted octanol–water partition coefficient (Wildman–Crippen LogP) is 3.97. The first-order valence-corrected chi connectivity index (χ1v) is 10.7. The molecule has 0 radical (unpaired) electrons. The van der Waals surface area contributed by atoms with Crippen LogP contribution in [0.15, 0.2) is 65.4 Å². The summed E-state index contributed by atoms with van der Waals surface area (Å²) in [6, 6.07) is 16.9. The summed E-state index contributed by atoms with van der Waals surface area (Å²) in [4.78, 5) is 29.7. The summed E-state index contributed by atoms with van der Waals surface area (Å²) >= 11 is 1.46. The Balaban J connectivity index is 1.42. The maximum absolute atomic E-state index is 13.2. The van der Waals surface area contributed by atoms with Gasteiger partial charge < -0.3 is 19.9 Å². The molecule has 3 aromatic rings. The number of nitrogens with zero attached hydrogens (tertiary/aromatic N) is 2. The van der Waals surface area contributed by atoms with Gasteiger partial charge >= 0.3 is 0 Å². The van der Waals surface area contributed by atoms with Crippen LogP contribution in [0.3, 0.4) is 0 Å². The van der Waals surface area contributed by atoms with Gasteiger partial charge in [-0.3, -0.25) is 9.59 Å². The number of ether oxygens (including phenoxy) is 1. The number of para-hydroxylation sites is 1. The second kappa shape index (κ2) is 9.00.